The van der Waals surface area contributed by atoms with Gasteiger partial charge in [-0.2, -0.15) is 8.78 Å². The zero-order valence-electron chi connectivity index (χ0n) is 7.43. The van der Waals surface area contributed by atoms with E-state index in [0.29, 0.717) is 5.69 Å². The number of hydrogen-bond acceptors (Lipinski definition) is 2. The highest BCUT2D eigenvalue weighted by atomic mass is 19.3. The van der Waals surface area contributed by atoms with E-state index in [1.807, 2.05) is 0 Å². The highest BCUT2D eigenvalue weighted by molar-refractivity contribution is 5.14. The van der Waals surface area contributed by atoms with Crippen LogP contribution in [0.4, 0.5) is 8.78 Å². The van der Waals surface area contributed by atoms with Crippen molar-refractivity contribution in [2.45, 2.75) is 19.3 Å². The SMILES string of the molecule is Cc1cccc(C(F)(F)CCN)n1. The molecular weight excluding hydrogens is 174 g/mol. The Balaban J connectivity index is 2.93. The molecule has 1 aromatic rings. The smallest absolute Gasteiger partial charge is 0.290 e. The van der Waals surface area contributed by atoms with Gasteiger partial charge >= 0.3 is 0 Å². The van der Waals surface area contributed by atoms with Crippen LogP contribution < -0.4 is 5.73 Å². The van der Waals surface area contributed by atoms with Crippen LogP contribution in [-0.2, 0) is 5.92 Å². The van der Waals surface area contributed by atoms with E-state index in [4.69, 9.17) is 5.73 Å². The van der Waals surface area contributed by atoms with Crippen LogP contribution in [0.25, 0.3) is 0 Å². The molecule has 0 radical (unpaired) electrons. The van der Waals surface area contributed by atoms with Crippen LogP contribution >= 0.6 is 0 Å². The Bertz CT molecular complexity index is 287. The molecule has 0 saturated heterocycles. The predicted octanol–water partition coefficient (Wildman–Crippen LogP) is 1.83. The van der Waals surface area contributed by atoms with Crippen molar-refractivity contribution in [1.82, 2.24) is 4.98 Å². The normalized spacial score (nSPS) is 11.7. The van der Waals surface area contributed by atoms with E-state index in [9.17, 15) is 8.78 Å². The lowest BCUT2D eigenvalue weighted by molar-refractivity contribution is -0.0152. The molecule has 0 amide bonds. The van der Waals surface area contributed by atoms with Crippen molar-refractivity contribution in [3.05, 3.63) is 29.6 Å². The Kier molecular flexibility index (Phi) is 2.93. The molecule has 1 heterocycles. The van der Waals surface area contributed by atoms with E-state index in [1.165, 1.54) is 6.07 Å². The third-order valence-corrected chi connectivity index (χ3v) is 1.72. The molecule has 0 fully saturated rings. The minimum Gasteiger partial charge on any atom is -0.330 e. The van der Waals surface area contributed by atoms with E-state index in [2.05, 4.69) is 4.98 Å². The maximum absolute atomic E-state index is 13.2. The van der Waals surface area contributed by atoms with Crippen molar-refractivity contribution in [3.8, 4) is 0 Å². The molecule has 0 aromatic carbocycles. The van der Waals surface area contributed by atoms with Crippen LogP contribution in [-0.4, -0.2) is 11.5 Å². The molecule has 13 heavy (non-hydrogen) atoms. The summed E-state index contributed by atoms with van der Waals surface area (Å²) in [6, 6.07) is 4.58. The second-order valence-corrected chi connectivity index (χ2v) is 2.91. The summed E-state index contributed by atoms with van der Waals surface area (Å²) in [5.41, 5.74) is 5.48. The van der Waals surface area contributed by atoms with Gasteiger partial charge < -0.3 is 5.73 Å². The second kappa shape index (κ2) is 3.79. The lowest BCUT2D eigenvalue weighted by Crippen LogP contribution is -2.20. The molecule has 0 unspecified atom stereocenters. The number of nitrogens with two attached hydrogens (primary N) is 1. The van der Waals surface area contributed by atoms with Crippen LogP contribution in [0.2, 0.25) is 0 Å². The van der Waals surface area contributed by atoms with Crippen molar-refractivity contribution in [1.29, 1.82) is 0 Å². The Morgan fingerprint density at radius 2 is 2.15 bits per heavy atom. The standard InChI is InChI=1S/C9H12F2N2/c1-7-3-2-4-8(13-7)9(10,11)5-6-12/h2-4H,5-6,12H2,1H3. The fraction of sp³-hybridized carbons (Fsp3) is 0.444. The molecule has 1 aromatic heterocycles. The van der Waals surface area contributed by atoms with Gasteiger partial charge in [0.15, 0.2) is 0 Å². The summed E-state index contributed by atoms with van der Waals surface area (Å²) in [6.45, 7) is 1.64. The van der Waals surface area contributed by atoms with E-state index in [1.54, 1.807) is 19.1 Å². The summed E-state index contributed by atoms with van der Waals surface area (Å²) in [5.74, 6) is -2.90. The van der Waals surface area contributed by atoms with Gasteiger partial charge in [-0.15, -0.1) is 0 Å². The molecule has 0 aliphatic rings. The van der Waals surface area contributed by atoms with Gasteiger partial charge in [0.05, 0.1) is 0 Å². The first-order valence-electron chi connectivity index (χ1n) is 4.08. The topological polar surface area (TPSA) is 38.9 Å². The number of pyridine rings is 1. The molecule has 1 rings (SSSR count). The monoisotopic (exact) mass is 186 g/mol. The average molecular weight is 186 g/mol. The van der Waals surface area contributed by atoms with Crippen LogP contribution in [0.1, 0.15) is 17.8 Å². The van der Waals surface area contributed by atoms with E-state index >= 15 is 0 Å². The fourth-order valence-electron chi connectivity index (χ4n) is 1.06. The summed E-state index contributed by atoms with van der Waals surface area (Å²) in [6.07, 6.45) is -0.358. The van der Waals surface area contributed by atoms with E-state index in [-0.39, 0.29) is 18.7 Å². The molecule has 0 spiro atoms. The molecule has 4 heteroatoms. The number of aromatic nitrogens is 1. The Morgan fingerprint density at radius 3 is 2.69 bits per heavy atom. The minimum absolute atomic E-state index is 0.0391. The van der Waals surface area contributed by atoms with E-state index < -0.39 is 5.92 Å². The zero-order valence-corrected chi connectivity index (χ0v) is 7.43. The molecule has 0 atom stereocenters. The fourth-order valence-corrected chi connectivity index (χ4v) is 1.06. The number of hydrogen-bond donors (Lipinski definition) is 1. The first kappa shape index (κ1) is 10.1. The van der Waals surface area contributed by atoms with Gasteiger partial charge in [0.2, 0.25) is 0 Å². The molecule has 0 bridgehead atoms. The maximum Gasteiger partial charge on any atom is 0.290 e. The molecular formula is C9H12F2N2. The Morgan fingerprint density at radius 1 is 1.46 bits per heavy atom. The van der Waals surface area contributed by atoms with Gasteiger partial charge in [0, 0.05) is 12.1 Å². The van der Waals surface area contributed by atoms with Gasteiger partial charge in [-0.3, -0.25) is 4.98 Å². The van der Waals surface area contributed by atoms with Crippen LogP contribution in [0, 0.1) is 6.92 Å². The summed E-state index contributed by atoms with van der Waals surface area (Å²) < 4.78 is 26.4. The van der Waals surface area contributed by atoms with Crippen molar-refractivity contribution in [3.63, 3.8) is 0 Å². The molecule has 0 aliphatic heterocycles. The van der Waals surface area contributed by atoms with Crippen molar-refractivity contribution < 1.29 is 8.78 Å². The van der Waals surface area contributed by atoms with E-state index in [0.717, 1.165) is 0 Å². The van der Waals surface area contributed by atoms with Crippen molar-refractivity contribution in [2.24, 2.45) is 5.73 Å². The lowest BCUT2D eigenvalue weighted by Gasteiger charge is -2.14. The largest absolute Gasteiger partial charge is 0.330 e. The number of halogens is 2. The molecule has 0 aliphatic carbocycles. The lowest BCUT2D eigenvalue weighted by atomic mass is 10.1. The van der Waals surface area contributed by atoms with Gasteiger partial charge in [-0.25, -0.2) is 0 Å². The molecule has 2 N–H and O–H groups in total. The first-order valence-corrected chi connectivity index (χ1v) is 4.08. The summed E-state index contributed by atoms with van der Waals surface area (Å²) in [5, 5.41) is 0. The number of aryl methyl sites for hydroxylation is 1. The quantitative estimate of drug-likeness (QED) is 0.782. The number of nitrogens with zero attached hydrogens (tertiary/aromatic N) is 1. The first-order chi connectivity index (χ1) is 6.06. The van der Waals surface area contributed by atoms with Crippen molar-refractivity contribution in [2.75, 3.05) is 6.54 Å². The zero-order chi connectivity index (χ0) is 9.90. The summed E-state index contributed by atoms with van der Waals surface area (Å²) in [4.78, 5) is 3.76. The molecule has 0 saturated carbocycles. The van der Waals surface area contributed by atoms with Crippen LogP contribution in [0.5, 0.6) is 0 Å². The maximum atomic E-state index is 13.2. The number of alkyl halides is 2. The highest BCUT2D eigenvalue weighted by Crippen LogP contribution is 2.29. The Labute approximate surface area is 75.8 Å². The van der Waals surface area contributed by atoms with Gasteiger partial charge in [0.1, 0.15) is 5.69 Å². The Hall–Kier alpha value is -1.03. The van der Waals surface area contributed by atoms with Gasteiger partial charge in [-0.1, -0.05) is 6.07 Å². The second-order valence-electron chi connectivity index (χ2n) is 2.91. The third kappa shape index (κ3) is 2.45. The van der Waals surface area contributed by atoms with Gasteiger partial charge in [-0.05, 0) is 25.6 Å². The highest BCUT2D eigenvalue weighted by Gasteiger charge is 2.31. The third-order valence-electron chi connectivity index (χ3n) is 1.72. The molecule has 2 nitrogen and oxygen atoms in total. The van der Waals surface area contributed by atoms with Crippen molar-refractivity contribution >= 4 is 0 Å². The van der Waals surface area contributed by atoms with Crippen LogP contribution in [0.3, 0.4) is 0 Å². The minimum atomic E-state index is -2.90. The summed E-state index contributed by atoms with van der Waals surface area (Å²) in [7, 11) is 0. The van der Waals surface area contributed by atoms with Crippen LogP contribution in [0.15, 0.2) is 18.2 Å². The molecule has 72 valence electrons. The predicted molar refractivity (Wildman–Crippen MR) is 46.5 cm³/mol. The summed E-state index contributed by atoms with van der Waals surface area (Å²) >= 11 is 0. The average Bonchev–Trinajstić information content (AvgIpc) is 2.04. The van der Waals surface area contributed by atoms with Gasteiger partial charge in [0.25, 0.3) is 5.92 Å². The number of rotatable bonds is 3.